The number of rotatable bonds is 3. The quantitative estimate of drug-likeness (QED) is 0.689. The molecule has 0 spiro atoms. The minimum absolute atomic E-state index is 0.360. The van der Waals surface area contributed by atoms with Crippen molar-refractivity contribution >= 4 is 11.8 Å². The first-order valence-corrected chi connectivity index (χ1v) is 4.34. The van der Waals surface area contributed by atoms with E-state index in [4.69, 9.17) is 11.5 Å². The summed E-state index contributed by atoms with van der Waals surface area (Å²) in [5.41, 5.74) is 11.5. The Morgan fingerprint density at radius 1 is 1.71 bits per heavy atom. The fourth-order valence-corrected chi connectivity index (χ4v) is 1.14. The van der Waals surface area contributed by atoms with Crippen LogP contribution in [0.1, 0.15) is 5.69 Å². The number of nitrogens with zero attached hydrogens (tertiary/aromatic N) is 3. The van der Waals surface area contributed by atoms with Crippen molar-refractivity contribution in [1.29, 1.82) is 0 Å². The summed E-state index contributed by atoms with van der Waals surface area (Å²) in [6.07, 6.45) is 0. The first kappa shape index (κ1) is 10.5. The molecule has 0 aliphatic carbocycles. The SMILES string of the molecule is Cc1cc(N(CCN)C(N)=O)nn1C. The maximum Gasteiger partial charge on any atom is 0.320 e. The predicted octanol–water partition coefficient (Wildman–Crippen LogP) is -0.428. The lowest BCUT2D eigenvalue weighted by atomic mass is 10.4. The Morgan fingerprint density at radius 3 is 2.71 bits per heavy atom. The van der Waals surface area contributed by atoms with E-state index in [-0.39, 0.29) is 0 Å². The maximum absolute atomic E-state index is 11.1. The number of aryl methyl sites for hydroxylation is 2. The number of urea groups is 1. The smallest absolute Gasteiger partial charge is 0.320 e. The van der Waals surface area contributed by atoms with Gasteiger partial charge in [0.25, 0.3) is 0 Å². The highest BCUT2D eigenvalue weighted by Crippen LogP contribution is 2.12. The second-order valence-corrected chi connectivity index (χ2v) is 3.05. The van der Waals surface area contributed by atoms with Gasteiger partial charge in [-0.1, -0.05) is 0 Å². The van der Waals surface area contributed by atoms with Crippen LogP contribution in [0, 0.1) is 6.92 Å². The van der Waals surface area contributed by atoms with E-state index in [0.717, 1.165) is 5.69 Å². The summed E-state index contributed by atoms with van der Waals surface area (Å²) >= 11 is 0. The average Bonchev–Trinajstić information content (AvgIpc) is 2.42. The molecule has 0 unspecified atom stereocenters. The third kappa shape index (κ3) is 2.02. The van der Waals surface area contributed by atoms with Crippen molar-refractivity contribution in [3.05, 3.63) is 11.8 Å². The molecule has 6 heteroatoms. The lowest BCUT2D eigenvalue weighted by Crippen LogP contribution is -2.39. The highest BCUT2D eigenvalue weighted by Gasteiger charge is 2.14. The van der Waals surface area contributed by atoms with E-state index in [0.29, 0.717) is 18.9 Å². The van der Waals surface area contributed by atoms with E-state index in [1.54, 1.807) is 17.8 Å². The Hall–Kier alpha value is -1.56. The largest absolute Gasteiger partial charge is 0.351 e. The summed E-state index contributed by atoms with van der Waals surface area (Å²) < 4.78 is 1.68. The molecule has 1 aromatic rings. The second kappa shape index (κ2) is 4.10. The molecule has 4 N–H and O–H groups in total. The summed E-state index contributed by atoms with van der Waals surface area (Å²) in [6, 6.07) is 1.26. The molecule has 1 heterocycles. The van der Waals surface area contributed by atoms with E-state index in [2.05, 4.69) is 5.10 Å². The molecule has 0 fully saturated rings. The zero-order valence-electron chi connectivity index (χ0n) is 8.40. The molecule has 1 aromatic heterocycles. The van der Waals surface area contributed by atoms with Crippen LogP contribution in [0.2, 0.25) is 0 Å². The van der Waals surface area contributed by atoms with Crippen molar-refractivity contribution in [2.24, 2.45) is 18.5 Å². The first-order valence-electron chi connectivity index (χ1n) is 4.34. The van der Waals surface area contributed by atoms with Crippen molar-refractivity contribution in [3.8, 4) is 0 Å². The van der Waals surface area contributed by atoms with Gasteiger partial charge in [-0.3, -0.25) is 9.58 Å². The molecular formula is C8H15N5O. The lowest BCUT2D eigenvalue weighted by molar-refractivity contribution is 0.254. The maximum atomic E-state index is 11.1. The van der Waals surface area contributed by atoms with E-state index in [1.165, 1.54) is 4.90 Å². The molecule has 0 radical (unpaired) electrons. The number of nitrogens with two attached hydrogens (primary N) is 2. The Morgan fingerprint density at radius 2 is 2.36 bits per heavy atom. The van der Waals surface area contributed by atoms with Gasteiger partial charge in [-0.2, -0.15) is 5.10 Å². The molecule has 78 valence electrons. The molecule has 0 aromatic carbocycles. The minimum atomic E-state index is -0.534. The van der Waals surface area contributed by atoms with Crippen LogP contribution < -0.4 is 16.4 Å². The molecule has 14 heavy (non-hydrogen) atoms. The highest BCUT2D eigenvalue weighted by molar-refractivity contribution is 5.89. The van der Waals surface area contributed by atoms with Crippen LogP contribution in [0.4, 0.5) is 10.6 Å². The Kier molecular flexibility index (Phi) is 3.08. The van der Waals surface area contributed by atoms with E-state index in [9.17, 15) is 4.79 Å². The van der Waals surface area contributed by atoms with Crippen LogP contribution in [-0.2, 0) is 7.05 Å². The number of carbonyl (C=O) groups is 1. The van der Waals surface area contributed by atoms with Gasteiger partial charge in [0.1, 0.15) is 0 Å². The van der Waals surface area contributed by atoms with Crippen molar-refractivity contribution in [2.45, 2.75) is 6.92 Å². The zero-order chi connectivity index (χ0) is 10.7. The minimum Gasteiger partial charge on any atom is -0.351 e. The molecule has 0 aliphatic rings. The molecule has 1 rings (SSSR count). The summed E-state index contributed by atoms with van der Waals surface area (Å²) in [6.45, 7) is 2.64. The summed E-state index contributed by atoms with van der Waals surface area (Å²) in [5.74, 6) is 0.544. The summed E-state index contributed by atoms with van der Waals surface area (Å²) in [4.78, 5) is 12.4. The van der Waals surface area contributed by atoms with Gasteiger partial charge in [0.05, 0.1) is 0 Å². The van der Waals surface area contributed by atoms with Crippen LogP contribution >= 0.6 is 0 Å². The number of aromatic nitrogens is 2. The van der Waals surface area contributed by atoms with Gasteiger partial charge in [-0.05, 0) is 6.92 Å². The average molecular weight is 197 g/mol. The Bertz CT molecular complexity index is 313. The molecule has 0 saturated heterocycles. The number of hydrogen-bond donors (Lipinski definition) is 2. The van der Waals surface area contributed by atoms with Gasteiger partial charge in [0, 0.05) is 31.9 Å². The normalized spacial score (nSPS) is 10.2. The fourth-order valence-electron chi connectivity index (χ4n) is 1.14. The van der Waals surface area contributed by atoms with E-state index >= 15 is 0 Å². The Labute approximate surface area is 82.5 Å². The van der Waals surface area contributed by atoms with Gasteiger partial charge in [0.2, 0.25) is 0 Å². The van der Waals surface area contributed by atoms with Crippen LogP contribution in [-0.4, -0.2) is 28.9 Å². The number of anilines is 1. The second-order valence-electron chi connectivity index (χ2n) is 3.05. The first-order chi connectivity index (χ1) is 6.56. The summed E-state index contributed by atoms with van der Waals surface area (Å²) in [7, 11) is 1.81. The lowest BCUT2D eigenvalue weighted by Gasteiger charge is -2.15. The molecular weight excluding hydrogens is 182 g/mol. The molecule has 6 nitrogen and oxygen atoms in total. The molecule has 0 aliphatic heterocycles. The molecule has 0 bridgehead atoms. The highest BCUT2D eigenvalue weighted by atomic mass is 16.2. The van der Waals surface area contributed by atoms with Gasteiger partial charge in [0.15, 0.2) is 5.82 Å². The van der Waals surface area contributed by atoms with Gasteiger partial charge in [-0.25, -0.2) is 4.79 Å². The van der Waals surface area contributed by atoms with Crippen LogP contribution in [0.25, 0.3) is 0 Å². The van der Waals surface area contributed by atoms with Gasteiger partial charge in [-0.15, -0.1) is 0 Å². The number of carbonyl (C=O) groups excluding carboxylic acids is 1. The van der Waals surface area contributed by atoms with Crippen LogP contribution in [0.3, 0.4) is 0 Å². The van der Waals surface area contributed by atoms with Crippen molar-refractivity contribution in [2.75, 3.05) is 18.0 Å². The third-order valence-corrected chi connectivity index (χ3v) is 2.00. The van der Waals surface area contributed by atoms with Crippen molar-refractivity contribution in [1.82, 2.24) is 9.78 Å². The number of hydrogen-bond acceptors (Lipinski definition) is 3. The standard InChI is InChI=1S/C8H15N5O/c1-6-5-7(11-12(6)2)13(4-3-9)8(10)14/h5H,3-4,9H2,1-2H3,(H2,10,14). The van der Waals surface area contributed by atoms with Gasteiger partial charge < -0.3 is 11.5 Å². The van der Waals surface area contributed by atoms with Gasteiger partial charge >= 0.3 is 6.03 Å². The van der Waals surface area contributed by atoms with Crippen LogP contribution in [0.5, 0.6) is 0 Å². The van der Waals surface area contributed by atoms with E-state index < -0.39 is 6.03 Å². The van der Waals surface area contributed by atoms with Crippen LogP contribution in [0.15, 0.2) is 6.07 Å². The topological polar surface area (TPSA) is 90.2 Å². The molecule has 0 saturated carbocycles. The third-order valence-electron chi connectivity index (χ3n) is 2.00. The van der Waals surface area contributed by atoms with E-state index in [1.807, 2.05) is 6.92 Å². The summed E-state index contributed by atoms with van der Waals surface area (Å²) in [5, 5.41) is 4.14. The molecule has 0 atom stereocenters. The fraction of sp³-hybridized carbons (Fsp3) is 0.500. The number of primary amides is 1. The monoisotopic (exact) mass is 197 g/mol. The van der Waals surface area contributed by atoms with Crippen molar-refractivity contribution in [3.63, 3.8) is 0 Å². The van der Waals surface area contributed by atoms with Crippen molar-refractivity contribution < 1.29 is 4.79 Å². The molecule has 2 amide bonds. The Balaban J connectivity index is 2.93. The number of amides is 2. The predicted molar refractivity (Wildman–Crippen MR) is 53.9 cm³/mol. The zero-order valence-corrected chi connectivity index (χ0v) is 8.40.